The van der Waals surface area contributed by atoms with Crippen LogP contribution in [-0.2, 0) is 20.9 Å². The van der Waals surface area contributed by atoms with E-state index in [0.717, 1.165) is 44.5 Å². The van der Waals surface area contributed by atoms with E-state index in [2.05, 4.69) is 17.1 Å². The Morgan fingerprint density at radius 1 is 0.970 bits per heavy atom. The van der Waals surface area contributed by atoms with E-state index in [9.17, 15) is 9.59 Å². The molecule has 1 fully saturated rings. The summed E-state index contributed by atoms with van der Waals surface area (Å²) in [6.07, 6.45) is 11.8. The highest BCUT2D eigenvalue weighted by Crippen LogP contribution is 2.15. The molecule has 1 heterocycles. The zero-order valence-corrected chi connectivity index (χ0v) is 20.6. The van der Waals surface area contributed by atoms with E-state index in [1.54, 1.807) is 0 Å². The van der Waals surface area contributed by atoms with Crippen molar-refractivity contribution < 1.29 is 19.1 Å². The zero-order chi connectivity index (χ0) is 23.6. The Morgan fingerprint density at radius 2 is 1.70 bits per heavy atom. The third-order valence-corrected chi connectivity index (χ3v) is 6.21. The maximum absolute atomic E-state index is 12.4. The first-order valence-electron chi connectivity index (χ1n) is 13.0. The minimum Gasteiger partial charge on any atom is -0.461 e. The number of hydrogen-bond acceptors (Lipinski definition) is 5. The van der Waals surface area contributed by atoms with E-state index in [0.29, 0.717) is 13.0 Å². The third-order valence-electron chi connectivity index (χ3n) is 6.21. The number of benzene rings is 1. The van der Waals surface area contributed by atoms with Gasteiger partial charge in [-0.05, 0) is 50.8 Å². The van der Waals surface area contributed by atoms with Crippen LogP contribution in [0.4, 0.5) is 4.79 Å². The van der Waals surface area contributed by atoms with Crippen molar-refractivity contribution in [3.05, 3.63) is 35.9 Å². The van der Waals surface area contributed by atoms with Gasteiger partial charge in [-0.2, -0.15) is 0 Å². The van der Waals surface area contributed by atoms with Crippen molar-refractivity contribution in [1.82, 2.24) is 10.2 Å². The lowest BCUT2D eigenvalue weighted by Gasteiger charge is -2.26. The maximum atomic E-state index is 12.4. The van der Waals surface area contributed by atoms with E-state index in [1.165, 1.54) is 44.9 Å². The maximum Gasteiger partial charge on any atom is 0.407 e. The Morgan fingerprint density at radius 3 is 2.45 bits per heavy atom. The number of unbranched alkanes of at least 4 members (excludes halogenated alkanes) is 5. The minimum absolute atomic E-state index is 0.249. The van der Waals surface area contributed by atoms with Crippen molar-refractivity contribution in [3.63, 3.8) is 0 Å². The molecule has 0 aromatic heterocycles. The van der Waals surface area contributed by atoms with Crippen LogP contribution in [0.2, 0.25) is 0 Å². The number of hydrogen-bond donors (Lipinski definition) is 1. The van der Waals surface area contributed by atoms with E-state index in [4.69, 9.17) is 9.47 Å². The number of amides is 1. The van der Waals surface area contributed by atoms with Crippen LogP contribution in [0.5, 0.6) is 0 Å². The first-order valence-corrected chi connectivity index (χ1v) is 13.0. The van der Waals surface area contributed by atoms with Gasteiger partial charge in [0, 0.05) is 19.5 Å². The topological polar surface area (TPSA) is 67.9 Å². The number of alkyl carbamates (subject to hydrolysis) is 1. The predicted molar refractivity (Wildman–Crippen MR) is 132 cm³/mol. The molecule has 33 heavy (non-hydrogen) atoms. The Bertz CT molecular complexity index is 647. The molecular weight excluding hydrogens is 416 g/mol. The van der Waals surface area contributed by atoms with Gasteiger partial charge < -0.3 is 19.7 Å². The quantitative estimate of drug-likeness (QED) is 0.248. The molecule has 1 aromatic rings. The van der Waals surface area contributed by atoms with Crippen LogP contribution in [0, 0.1) is 0 Å². The van der Waals surface area contributed by atoms with Gasteiger partial charge in [0.15, 0.2) is 0 Å². The fraction of sp³-hybridized carbons (Fsp3) is 0.704. The molecule has 6 heteroatoms. The molecule has 1 atom stereocenters. The summed E-state index contributed by atoms with van der Waals surface area (Å²) in [5.41, 5.74) is 0.971. The molecule has 186 valence electrons. The first kappa shape index (κ1) is 27.2. The Labute approximate surface area is 200 Å². The van der Waals surface area contributed by atoms with Gasteiger partial charge in [0.05, 0.1) is 0 Å². The van der Waals surface area contributed by atoms with Crippen molar-refractivity contribution in [2.45, 2.75) is 96.7 Å². The zero-order valence-electron chi connectivity index (χ0n) is 20.6. The van der Waals surface area contributed by atoms with Crippen LogP contribution in [0.15, 0.2) is 30.3 Å². The summed E-state index contributed by atoms with van der Waals surface area (Å²) >= 11 is 0. The standard InChI is InChI=1S/C27H44N2O4/c1-2-3-4-5-6-11-16-25(17-18-26(30)32-23-24-14-9-7-10-15-24)33-27(31)28-19-22-29-20-12-8-13-21-29/h7,9-10,14-15,25H,2-6,8,11-13,16-23H2,1H3,(H,28,31). The van der Waals surface area contributed by atoms with Crippen molar-refractivity contribution in [2.24, 2.45) is 0 Å². The van der Waals surface area contributed by atoms with Crippen LogP contribution < -0.4 is 5.32 Å². The van der Waals surface area contributed by atoms with Crippen LogP contribution in [0.25, 0.3) is 0 Å². The molecule has 1 amide bonds. The molecule has 1 saturated heterocycles. The van der Waals surface area contributed by atoms with Crippen molar-refractivity contribution in [3.8, 4) is 0 Å². The number of carbonyl (C=O) groups is 2. The largest absolute Gasteiger partial charge is 0.461 e. The van der Waals surface area contributed by atoms with Crippen LogP contribution in [-0.4, -0.2) is 49.2 Å². The summed E-state index contributed by atoms with van der Waals surface area (Å²) in [5.74, 6) is -0.249. The van der Waals surface area contributed by atoms with E-state index in [-0.39, 0.29) is 31.2 Å². The monoisotopic (exact) mass is 460 g/mol. The van der Waals surface area contributed by atoms with Gasteiger partial charge in [0.1, 0.15) is 12.7 Å². The number of ether oxygens (including phenoxy) is 2. The lowest BCUT2D eigenvalue weighted by molar-refractivity contribution is -0.145. The van der Waals surface area contributed by atoms with E-state index in [1.807, 2.05) is 30.3 Å². The number of likely N-dealkylation sites (tertiary alicyclic amines) is 1. The lowest BCUT2D eigenvalue weighted by atomic mass is 10.0. The second kappa shape index (κ2) is 17.4. The first-order chi connectivity index (χ1) is 16.2. The molecule has 0 aliphatic carbocycles. The Kier molecular flexibility index (Phi) is 14.3. The third kappa shape index (κ3) is 13.3. The highest BCUT2D eigenvalue weighted by atomic mass is 16.6. The highest BCUT2D eigenvalue weighted by molar-refractivity contribution is 5.70. The van der Waals surface area contributed by atoms with Gasteiger partial charge in [-0.15, -0.1) is 0 Å². The minimum atomic E-state index is -0.374. The molecule has 1 aromatic carbocycles. The van der Waals surface area contributed by atoms with Crippen LogP contribution in [0.3, 0.4) is 0 Å². The van der Waals surface area contributed by atoms with Gasteiger partial charge in [-0.3, -0.25) is 4.79 Å². The number of rotatable bonds is 16. The number of piperidine rings is 1. The average Bonchev–Trinajstić information content (AvgIpc) is 2.84. The van der Waals surface area contributed by atoms with Crippen LogP contribution >= 0.6 is 0 Å². The SMILES string of the molecule is CCCCCCCCC(CCC(=O)OCc1ccccc1)OC(=O)NCCN1CCCCC1. The van der Waals surface area contributed by atoms with E-state index >= 15 is 0 Å². The van der Waals surface area contributed by atoms with Crippen LogP contribution in [0.1, 0.15) is 89.5 Å². The molecule has 1 unspecified atom stereocenters. The summed E-state index contributed by atoms with van der Waals surface area (Å²) in [4.78, 5) is 27.0. The molecule has 1 aliphatic rings. The van der Waals surface area contributed by atoms with Crippen molar-refractivity contribution >= 4 is 12.1 Å². The number of carbonyl (C=O) groups excluding carboxylic acids is 2. The molecule has 2 rings (SSSR count). The van der Waals surface area contributed by atoms with Crippen molar-refractivity contribution in [2.75, 3.05) is 26.2 Å². The van der Waals surface area contributed by atoms with Crippen molar-refractivity contribution in [1.29, 1.82) is 0 Å². The molecule has 0 spiro atoms. The molecule has 0 radical (unpaired) electrons. The van der Waals surface area contributed by atoms with Gasteiger partial charge in [0.2, 0.25) is 0 Å². The predicted octanol–water partition coefficient (Wildman–Crippen LogP) is 5.84. The second-order valence-corrected chi connectivity index (χ2v) is 9.10. The fourth-order valence-electron chi connectivity index (χ4n) is 4.20. The molecule has 0 saturated carbocycles. The molecule has 6 nitrogen and oxygen atoms in total. The Balaban J connectivity index is 1.69. The smallest absolute Gasteiger partial charge is 0.407 e. The summed E-state index contributed by atoms with van der Waals surface area (Å²) in [6, 6.07) is 9.67. The van der Waals surface area contributed by atoms with Gasteiger partial charge in [0.25, 0.3) is 0 Å². The highest BCUT2D eigenvalue weighted by Gasteiger charge is 2.17. The van der Waals surface area contributed by atoms with E-state index < -0.39 is 0 Å². The summed E-state index contributed by atoms with van der Waals surface area (Å²) in [6.45, 7) is 6.18. The summed E-state index contributed by atoms with van der Waals surface area (Å²) in [5, 5.41) is 2.89. The molecule has 0 bridgehead atoms. The normalized spacial score (nSPS) is 15.1. The Hall–Kier alpha value is -2.08. The average molecular weight is 461 g/mol. The van der Waals surface area contributed by atoms with Gasteiger partial charge in [-0.1, -0.05) is 75.8 Å². The summed E-state index contributed by atoms with van der Waals surface area (Å²) in [7, 11) is 0. The lowest BCUT2D eigenvalue weighted by Crippen LogP contribution is -2.38. The summed E-state index contributed by atoms with van der Waals surface area (Å²) < 4.78 is 11.1. The number of nitrogens with zero attached hydrogens (tertiary/aromatic N) is 1. The molecular formula is C27H44N2O4. The molecule has 1 aliphatic heterocycles. The van der Waals surface area contributed by atoms with Gasteiger partial charge >= 0.3 is 12.1 Å². The number of esters is 1. The second-order valence-electron chi connectivity index (χ2n) is 9.10. The number of nitrogens with one attached hydrogen (secondary N) is 1. The molecule has 1 N–H and O–H groups in total. The fourth-order valence-corrected chi connectivity index (χ4v) is 4.20. The van der Waals surface area contributed by atoms with Gasteiger partial charge in [-0.25, -0.2) is 4.79 Å².